The van der Waals surface area contributed by atoms with Crippen molar-refractivity contribution < 1.29 is 12.8 Å². The maximum atomic E-state index is 12.7. The summed E-state index contributed by atoms with van der Waals surface area (Å²) in [6, 6.07) is 12.1. The van der Waals surface area contributed by atoms with Crippen LogP contribution in [0.1, 0.15) is 17.0 Å². The van der Waals surface area contributed by atoms with Crippen molar-refractivity contribution in [3.8, 4) is 11.5 Å². The molecule has 130 valence electrons. The van der Waals surface area contributed by atoms with Gasteiger partial charge in [0.05, 0.1) is 5.69 Å². The van der Waals surface area contributed by atoms with Crippen LogP contribution in [-0.2, 0) is 10.0 Å². The normalized spacial score (nSPS) is 11.5. The molecule has 0 unspecified atom stereocenters. The zero-order valence-electron chi connectivity index (χ0n) is 14.0. The molecule has 0 amide bonds. The highest BCUT2D eigenvalue weighted by Crippen LogP contribution is 2.28. The Morgan fingerprint density at radius 3 is 2.48 bits per heavy atom. The Morgan fingerprint density at radius 1 is 1.08 bits per heavy atom. The van der Waals surface area contributed by atoms with Crippen LogP contribution in [0.5, 0.6) is 0 Å². The Balaban J connectivity index is 1.94. The van der Waals surface area contributed by atoms with E-state index in [1.807, 2.05) is 26.8 Å². The van der Waals surface area contributed by atoms with Gasteiger partial charge < -0.3 is 4.42 Å². The highest BCUT2D eigenvalue weighted by Gasteiger charge is 2.18. The van der Waals surface area contributed by atoms with E-state index in [1.54, 1.807) is 36.4 Å². The number of oxazole rings is 1. The van der Waals surface area contributed by atoms with Crippen molar-refractivity contribution in [3.63, 3.8) is 0 Å². The van der Waals surface area contributed by atoms with Gasteiger partial charge in [0.1, 0.15) is 10.7 Å². The van der Waals surface area contributed by atoms with Crippen LogP contribution in [-0.4, -0.2) is 13.4 Å². The lowest BCUT2D eigenvalue weighted by Gasteiger charge is -2.10. The number of nitrogens with one attached hydrogen (secondary N) is 1. The van der Waals surface area contributed by atoms with E-state index in [0.717, 1.165) is 17.0 Å². The first-order valence-electron chi connectivity index (χ1n) is 7.60. The SMILES string of the molecule is Cc1ccc(S(=O)(=O)Nc2cccc(-c3nc(C)c(C)o3)c2)c(Br)c1. The first kappa shape index (κ1) is 17.7. The predicted octanol–water partition coefficient (Wildman–Crippen LogP) is 4.83. The van der Waals surface area contributed by atoms with E-state index in [1.165, 1.54) is 0 Å². The molecule has 0 saturated heterocycles. The summed E-state index contributed by atoms with van der Waals surface area (Å²) >= 11 is 3.31. The van der Waals surface area contributed by atoms with Crippen LogP contribution in [0.25, 0.3) is 11.5 Å². The summed E-state index contributed by atoms with van der Waals surface area (Å²) in [5, 5.41) is 0. The third-order valence-corrected chi connectivity index (χ3v) is 6.13. The van der Waals surface area contributed by atoms with Crippen molar-refractivity contribution in [2.75, 3.05) is 4.72 Å². The average Bonchev–Trinajstić information content (AvgIpc) is 2.86. The molecular weight excluding hydrogens is 404 g/mol. The number of hydrogen-bond acceptors (Lipinski definition) is 4. The Hall–Kier alpha value is -2.12. The summed E-state index contributed by atoms with van der Waals surface area (Å²) in [7, 11) is -3.71. The Bertz CT molecular complexity index is 1020. The van der Waals surface area contributed by atoms with Crippen LogP contribution in [0.3, 0.4) is 0 Å². The molecule has 2 aromatic carbocycles. The summed E-state index contributed by atoms with van der Waals surface area (Å²) in [5.41, 5.74) is 2.94. The number of nitrogens with zero attached hydrogens (tertiary/aromatic N) is 1. The third kappa shape index (κ3) is 3.77. The molecule has 7 heteroatoms. The third-order valence-electron chi connectivity index (χ3n) is 3.77. The van der Waals surface area contributed by atoms with Gasteiger partial charge in [-0.2, -0.15) is 0 Å². The van der Waals surface area contributed by atoms with Crippen molar-refractivity contribution in [2.45, 2.75) is 25.7 Å². The minimum absolute atomic E-state index is 0.186. The van der Waals surface area contributed by atoms with E-state index < -0.39 is 10.0 Å². The number of aryl methyl sites for hydroxylation is 3. The van der Waals surface area contributed by atoms with E-state index >= 15 is 0 Å². The van der Waals surface area contributed by atoms with Gasteiger partial charge in [-0.3, -0.25) is 4.72 Å². The second kappa shape index (κ2) is 6.65. The van der Waals surface area contributed by atoms with Gasteiger partial charge in [-0.25, -0.2) is 13.4 Å². The van der Waals surface area contributed by atoms with Gasteiger partial charge in [-0.05, 0) is 72.6 Å². The Kier molecular flexibility index (Phi) is 4.71. The zero-order valence-corrected chi connectivity index (χ0v) is 16.4. The van der Waals surface area contributed by atoms with Crippen LogP contribution in [0.4, 0.5) is 5.69 Å². The van der Waals surface area contributed by atoms with E-state index in [4.69, 9.17) is 4.42 Å². The fourth-order valence-electron chi connectivity index (χ4n) is 2.35. The van der Waals surface area contributed by atoms with Gasteiger partial charge in [0.15, 0.2) is 0 Å². The maximum absolute atomic E-state index is 12.7. The molecule has 0 radical (unpaired) electrons. The fraction of sp³-hybridized carbons (Fsp3) is 0.167. The molecule has 1 aromatic heterocycles. The minimum atomic E-state index is -3.71. The summed E-state index contributed by atoms with van der Waals surface area (Å²) in [6.07, 6.45) is 0. The van der Waals surface area contributed by atoms with Crippen molar-refractivity contribution in [1.82, 2.24) is 4.98 Å². The van der Waals surface area contributed by atoms with Gasteiger partial charge in [0.2, 0.25) is 5.89 Å². The molecule has 0 aliphatic heterocycles. The van der Waals surface area contributed by atoms with E-state index in [2.05, 4.69) is 25.6 Å². The molecule has 25 heavy (non-hydrogen) atoms. The number of halogens is 1. The quantitative estimate of drug-likeness (QED) is 0.655. The van der Waals surface area contributed by atoms with Crippen molar-refractivity contribution in [2.24, 2.45) is 0 Å². The number of rotatable bonds is 4. The van der Waals surface area contributed by atoms with E-state index in [9.17, 15) is 8.42 Å². The molecule has 0 aliphatic rings. The molecular formula is C18H17BrN2O3S. The second-order valence-corrected chi connectivity index (χ2v) is 8.29. The number of hydrogen-bond donors (Lipinski definition) is 1. The first-order valence-corrected chi connectivity index (χ1v) is 9.87. The molecule has 5 nitrogen and oxygen atoms in total. The Labute approximate surface area is 155 Å². The van der Waals surface area contributed by atoms with Gasteiger partial charge in [0.25, 0.3) is 10.0 Å². The number of sulfonamides is 1. The molecule has 0 saturated carbocycles. The summed E-state index contributed by atoms with van der Waals surface area (Å²) in [4.78, 5) is 4.54. The van der Waals surface area contributed by atoms with Crippen LogP contribution in [0.2, 0.25) is 0 Å². The maximum Gasteiger partial charge on any atom is 0.263 e. The number of benzene rings is 2. The summed E-state index contributed by atoms with van der Waals surface area (Å²) in [6.45, 7) is 5.61. The molecule has 3 rings (SSSR count). The highest BCUT2D eigenvalue weighted by atomic mass is 79.9. The number of aromatic nitrogens is 1. The molecule has 3 aromatic rings. The number of anilines is 1. The summed E-state index contributed by atoms with van der Waals surface area (Å²) < 4.78 is 34.0. The highest BCUT2D eigenvalue weighted by molar-refractivity contribution is 9.10. The predicted molar refractivity (Wildman–Crippen MR) is 101 cm³/mol. The second-order valence-electron chi connectivity index (χ2n) is 5.78. The van der Waals surface area contributed by atoms with Crippen LogP contribution in [0.15, 0.2) is 56.2 Å². The van der Waals surface area contributed by atoms with Gasteiger partial charge >= 0.3 is 0 Å². The largest absolute Gasteiger partial charge is 0.441 e. The fourth-order valence-corrected chi connectivity index (χ4v) is 4.59. The molecule has 0 bridgehead atoms. The topological polar surface area (TPSA) is 72.2 Å². The monoisotopic (exact) mass is 420 g/mol. The zero-order chi connectivity index (χ0) is 18.2. The van der Waals surface area contributed by atoms with Crippen LogP contribution in [0, 0.1) is 20.8 Å². The first-order chi connectivity index (χ1) is 11.8. The van der Waals surface area contributed by atoms with Crippen molar-refractivity contribution in [1.29, 1.82) is 0 Å². The van der Waals surface area contributed by atoms with Gasteiger partial charge in [-0.15, -0.1) is 0 Å². The van der Waals surface area contributed by atoms with Crippen molar-refractivity contribution in [3.05, 3.63) is 64.0 Å². The van der Waals surface area contributed by atoms with Crippen LogP contribution >= 0.6 is 15.9 Å². The lowest BCUT2D eigenvalue weighted by Crippen LogP contribution is -2.13. The molecule has 0 fully saturated rings. The van der Waals surface area contributed by atoms with E-state index in [0.29, 0.717) is 21.6 Å². The minimum Gasteiger partial charge on any atom is -0.441 e. The lowest BCUT2D eigenvalue weighted by atomic mass is 10.2. The molecule has 1 heterocycles. The molecule has 1 N–H and O–H groups in total. The average molecular weight is 421 g/mol. The van der Waals surface area contributed by atoms with E-state index in [-0.39, 0.29) is 4.90 Å². The molecule has 0 spiro atoms. The van der Waals surface area contributed by atoms with Gasteiger partial charge in [-0.1, -0.05) is 12.1 Å². The summed E-state index contributed by atoms with van der Waals surface area (Å²) in [5.74, 6) is 1.21. The Morgan fingerprint density at radius 2 is 1.84 bits per heavy atom. The molecule has 0 aliphatic carbocycles. The van der Waals surface area contributed by atoms with Crippen LogP contribution < -0.4 is 4.72 Å². The standard InChI is InChI=1S/C18H17BrN2O3S/c1-11-7-8-17(16(19)9-11)25(22,23)21-15-6-4-5-14(10-15)18-20-12(2)13(3)24-18/h4-10,21H,1-3H3. The lowest BCUT2D eigenvalue weighted by molar-refractivity contribution is 0.541. The van der Waals surface area contributed by atoms with Crippen molar-refractivity contribution >= 4 is 31.6 Å². The molecule has 0 atom stereocenters. The van der Waals surface area contributed by atoms with Gasteiger partial charge in [0, 0.05) is 15.7 Å². The smallest absolute Gasteiger partial charge is 0.263 e.